The third-order valence-electron chi connectivity index (χ3n) is 5.94. The second-order valence-electron chi connectivity index (χ2n) is 8.06. The first-order chi connectivity index (χ1) is 14.7. The molecule has 4 rings (SSSR count). The minimum Gasteiger partial charge on any atom is -0.399 e. The first kappa shape index (κ1) is 22.1. The molecule has 2 atom stereocenters. The molecule has 6 nitrogen and oxygen atoms in total. The first-order valence-electron chi connectivity index (χ1n) is 10.3. The molecule has 1 aliphatic carbocycles. The van der Waals surface area contributed by atoms with E-state index in [0.717, 1.165) is 69.0 Å². The van der Waals surface area contributed by atoms with Gasteiger partial charge in [-0.2, -0.15) is 13.2 Å². The Morgan fingerprint density at radius 3 is 2.68 bits per heavy atom. The third kappa shape index (κ3) is 5.05. The molecule has 0 amide bonds. The van der Waals surface area contributed by atoms with Gasteiger partial charge >= 0.3 is 6.18 Å². The van der Waals surface area contributed by atoms with Gasteiger partial charge in [0, 0.05) is 30.4 Å². The molecule has 31 heavy (non-hydrogen) atoms. The van der Waals surface area contributed by atoms with Crippen LogP contribution in [-0.4, -0.2) is 47.2 Å². The predicted molar refractivity (Wildman–Crippen MR) is 113 cm³/mol. The van der Waals surface area contributed by atoms with Crippen molar-refractivity contribution in [1.82, 2.24) is 14.9 Å². The van der Waals surface area contributed by atoms with Crippen LogP contribution in [0.3, 0.4) is 0 Å². The lowest BCUT2D eigenvalue weighted by Gasteiger charge is -2.37. The van der Waals surface area contributed by atoms with Crippen LogP contribution in [0.15, 0.2) is 18.2 Å². The van der Waals surface area contributed by atoms with Gasteiger partial charge in [0.25, 0.3) is 0 Å². The number of hydrogen-bond donors (Lipinski definition) is 2. The van der Waals surface area contributed by atoms with Crippen LogP contribution in [-0.2, 0) is 23.8 Å². The second-order valence-corrected chi connectivity index (χ2v) is 8.40. The van der Waals surface area contributed by atoms with Crippen LogP contribution in [0.2, 0.25) is 5.28 Å². The van der Waals surface area contributed by atoms with E-state index in [1.807, 2.05) is 0 Å². The van der Waals surface area contributed by atoms with Gasteiger partial charge in [0.05, 0.1) is 30.5 Å². The van der Waals surface area contributed by atoms with Crippen molar-refractivity contribution in [1.29, 1.82) is 0 Å². The number of anilines is 2. The smallest absolute Gasteiger partial charge is 0.399 e. The maximum Gasteiger partial charge on any atom is 0.416 e. The Balaban J connectivity index is 1.59. The summed E-state index contributed by atoms with van der Waals surface area (Å²) in [6.45, 7) is 4.99. The zero-order valence-corrected chi connectivity index (χ0v) is 17.9. The van der Waals surface area contributed by atoms with Gasteiger partial charge in [-0.1, -0.05) is 0 Å². The Morgan fingerprint density at radius 1 is 1.23 bits per heavy atom. The molecule has 0 spiro atoms. The topological polar surface area (TPSA) is 76.3 Å². The van der Waals surface area contributed by atoms with E-state index < -0.39 is 17.8 Å². The minimum atomic E-state index is -4.47. The number of hydrogen-bond acceptors (Lipinski definition) is 6. The van der Waals surface area contributed by atoms with E-state index in [0.29, 0.717) is 17.4 Å². The summed E-state index contributed by atoms with van der Waals surface area (Å²) in [5.41, 5.74) is 7.31. The van der Waals surface area contributed by atoms with Crippen LogP contribution in [0.4, 0.5) is 24.7 Å². The molecule has 1 unspecified atom stereocenters. The summed E-state index contributed by atoms with van der Waals surface area (Å²) >= 11 is 6.15. The lowest BCUT2D eigenvalue weighted by atomic mass is 9.90. The summed E-state index contributed by atoms with van der Waals surface area (Å²) in [6.07, 6.45) is -1.96. The van der Waals surface area contributed by atoms with Crippen LogP contribution in [0.25, 0.3) is 0 Å². The zero-order chi connectivity index (χ0) is 22.2. The van der Waals surface area contributed by atoms with Crippen LogP contribution < -0.4 is 11.1 Å². The highest BCUT2D eigenvalue weighted by atomic mass is 35.5. The maximum absolute atomic E-state index is 13.2. The molecule has 1 aromatic heterocycles. The van der Waals surface area contributed by atoms with Gasteiger partial charge in [-0.15, -0.1) is 0 Å². The van der Waals surface area contributed by atoms with Crippen LogP contribution >= 0.6 is 11.6 Å². The first-order valence-corrected chi connectivity index (χ1v) is 10.7. The lowest BCUT2D eigenvalue weighted by Crippen LogP contribution is -2.46. The number of rotatable bonds is 4. The number of nitrogens with two attached hydrogens (primary N) is 1. The molecule has 10 heteroatoms. The molecule has 1 aliphatic heterocycles. The van der Waals surface area contributed by atoms with Crippen LogP contribution in [0.1, 0.15) is 41.8 Å². The van der Waals surface area contributed by atoms with E-state index in [1.54, 1.807) is 13.0 Å². The van der Waals surface area contributed by atoms with Crippen LogP contribution in [0, 0.1) is 0 Å². The summed E-state index contributed by atoms with van der Waals surface area (Å²) in [5.74, 6) is 0.566. The van der Waals surface area contributed by atoms with Crippen molar-refractivity contribution < 1.29 is 17.9 Å². The molecule has 1 aromatic carbocycles. The van der Waals surface area contributed by atoms with Gasteiger partial charge in [-0.25, -0.2) is 9.97 Å². The average Bonchev–Trinajstić information content (AvgIpc) is 2.73. The molecule has 2 heterocycles. The Morgan fingerprint density at radius 2 is 1.97 bits per heavy atom. The molecule has 0 radical (unpaired) electrons. The van der Waals surface area contributed by atoms with Gasteiger partial charge in [0.1, 0.15) is 5.82 Å². The van der Waals surface area contributed by atoms with E-state index in [-0.39, 0.29) is 11.0 Å². The highest BCUT2D eigenvalue weighted by Crippen LogP contribution is 2.35. The van der Waals surface area contributed by atoms with Crippen molar-refractivity contribution in [2.45, 2.75) is 44.4 Å². The number of benzene rings is 1. The Bertz CT molecular complexity index is 949. The number of fused-ring (bicyclic) bond motifs is 1. The number of ether oxygens (including phenoxy) is 1. The molecule has 3 N–H and O–H groups in total. The number of aryl methyl sites for hydroxylation is 1. The van der Waals surface area contributed by atoms with Gasteiger partial charge in [0.2, 0.25) is 5.28 Å². The molecular weight excluding hydrogens is 431 g/mol. The van der Waals surface area contributed by atoms with Crippen molar-refractivity contribution in [3.05, 3.63) is 45.9 Å². The van der Waals surface area contributed by atoms with Crippen molar-refractivity contribution in [2.24, 2.45) is 0 Å². The molecule has 2 aliphatic rings. The highest BCUT2D eigenvalue weighted by molar-refractivity contribution is 6.28. The summed E-state index contributed by atoms with van der Waals surface area (Å²) in [4.78, 5) is 11.2. The fraction of sp³-hybridized carbons (Fsp3) is 0.524. The van der Waals surface area contributed by atoms with Crippen molar-refractivity contribution >= 4 is 23.1 Å². The lowest BCUT2D eigenvalue weighted by molar-refractivity contribution is -0.137. The van der Waals surface area contributed by atoms with Gasteiger partial charge in [-0.3, -0.25) is 4.90 Å². The number of morpholine rings is 1. The van der Waals surface area contributed by atoms with E-state index in [4.69, 9.17) is 22.1 Å². The Hall–Kier alpha value is -2.10. The largest absolute Gasteiger partial charge is 0.416 e. The van der Waals surface area contributed by atoms with E-state index in [1.165, 1.54) is 0 Å². The SMILES string of the molecule is C[C@@H](Nc1nc(Cl)nc2c1CC(N1CCOCC1)CC2)c1cc(N)cc(C(F)(F)F)c1. The standard InChI is InChI=1S/C21H25ClF3N5O/c1-12(13-8-14(21(23,24)25)10-15(26)9-13)27-19-17-11-16(30-4-6-31-7-5-30)2-3-18(17)28-20(22)29-19/h8-10,12,16H,2-7,11,26H2,1H3,(H,27,28,29)/t12-,16?/m1/s1. The van der Waals surface area contributed by atoms with Gasteiger partial charge < -0.3 is 15.8 Å². The molecule has 1 saturated heterocycles. The van der Waals surface area contributed by atoms with Gasteiger partial charge in [0.15, 0.2) is 0 Å². The monoisotopic (exact) mass is 455 g/mol. The number of halogens is 4. The van der Waals surface area contributed by atoms with Crippen LogP contribution in [0.5, 0.6) is 0 Å². The van der Waals surface area contributed by atoms with E-state index in [2.05, 4.69) is 20.2 Å². The number of nitrogen functional groups attached to an aromatic ring is 1. The minimum absolute atomic E-state index is 0.0635. The van der Waals surface area contributed by atoms with E-state index in [9.17, 15) is 13.2 Å². The Labute approximate surface area is 183 Å². The van der Waals surface area contributed by atoms with Crippen molar-refractivity contribution in [2.75, 3.05) is 37.4 Å². The Kier molecular flexibility index (Phi) is 6.27. The number of aromatic nitrogens is 2. The highest BCUT2D eigenvalue weighted by Gasteiger charge is 2.32. The summed E-state index contributed by atoms with van der Waals surface area (Å²) in [6, 6.07) is 3.48. The quantitative estimate of drug-likeness (QED) is 0.534. The van der Waals surface area contributed by atoms with Gasteiger partial charge in [-0.05, 0) is 61.5 Å². The molecule has 2 aromatic rings. The molecule has 168 valence electrons. The fourth-order valence-corrected chi connectivity index (χ4v) is 4.50. The molecular formula is C21H25ClF3N5O. The summed E-state index contributed by atoms with van der Waals surface area (Å²) in [5, 5.41) is 3.38. The normalized spacial score (nSPS) is 20.9. The number of nitrogens with one attached hydrogen (secondary N) is 1. The summed E-state index contributed by atoms with van der Waals surface area (Å²) in [7, 11) is 0. The number of alkyl halides is 3. The second kappa shape index (κ2) is 8.80. The predicted octanol–water partition coefficient (Wildman–Crippen LogP) is 4.09. The molecule has 1 fully saturated rings. The van der Waals surface area contributed by atoms with E-state index >= 15 is 0 Å². The third-order valence-corrected chi connectivity index (χ3v) is 6.11. The summed E-state index contributed by atoms with van der Waals surface area (Å²) < 4.78 is 45.1. The van der Waals surface area contributed by atoms with Crippen molar-refractivity contribution in [3.63, 3.8) is 0 Å². The van der Waals surface area contributed by atoms with Crippen molar-refractivity contribution in [3.8, 4) is 0 Å². The molecule has 0 bridgehead atoms. The number of nitrogens with zero attached hydrogens (tertiary/aromatic N) is 3. The zero-order valence-electron chi connectivity index (χ0n) is 17.2. The molecule has 0 saturated carbocycles. The average molecular weight is 456 g/mol. The maximum atomic E-state index is 13.2. The fourth-order valence-electron chi connectivity index (χ4n) is 4.31.